The molecular weight excluding hydrogens is 328 g/mol. The summed E-state index contributed by atoms with van der Waals surface area (Å²) < 4.78 is 5.30. The number of aromatic nitrogens is 2. The number of hydrogen-bond acceptors (Lipinski definition) is 5. The van der Waals surface area contributed by atoms with E-state index in [9.17, 15) is 4.79 Å². The molecule has 0 unspecified atom stereocenters. The first-order valence-electron chi connectivity index (χ1n) is 7.88. The molecule has 1 amide bonds. The predicted octanol–water partition coefficient (Wildman–Crippen LogP) is 3.13. The molecule has 0 fully saturated rings. The third kappa shape index (κ3) is 5.62. The van der Waals surface area contributed by atoms with Crippen LogP contribution in [0.2, 0.25) is 5.02 Å². The summed E-state index contributed by atoms with van der Waals surface area (Å²) in [5.41, 5.74) is 0.589. The smallest absolute Gasteiger partial charge is 0.241 e. The quantitative estimate of drug-likeness (QED) is 0.866. The summed E-state index contributed by atoms with van der Waals surface area (Å²) in [6.45, 7) is 9.27. The Morgan fingerprint density at radius 3 is 2.54 bits per heavy atom. The highest BCUT2D eigenvalue weighted by atomic mass is 35.5. The van der Waals surface area contributed by atoms with Crippen molar-refractivity contribution in [2.75, 3.05) is 13.1 Å². The van der Waals surface area contributed by atoms with Crippen molar-refractivity contribution < 1.29 is 9.32 Å². The summed E-state index contributed by atoms with van der Waals surface area (Å²) in [6, 6.07) is 7.24. The third-order valence-corrected chi connectivity index (χ3v) is 3.51. The van der Waals surface area contributed by atoms with Gasteiger partial charge in [0.15, 0.2) is 0 Å². The highest BCUT2D eigenvalue weighted by Crippen LogP contribution is 2.19. The molecule has 0 radical (unpaired) electrons. The van der Waals surface area contributed by atoms with Crippen LogP contribution in [-0.4, -0.2) is 39.6 Å². The maximum Gasteiger partial charge on any atom is 0.241 e. The summed E-state index contributed by atoms with van der Waals surface area (Å²) in [7, 11) is 0. The Morgan fingerprint density at radius 1 is 1.29 bits per heavy atom. The zero-order valence-corrected chi connectivity index (χ0v) is 15.2. The third-order valence-electron chi connectivity index (χ3n) is 3.26. The molecule has 0 aliphatic rings. The highest BCUT2D eigenvalue weighted by molar-refractivity contribution is 6.30. The second-order valence-corrected chi connectivity index (χ2v) is 7.06. The van der Waals surface area contributed by atoms with Gasteiger partial charge in [-0.3, -0.25) is 9.69 Å². The van der Waals surface area contributed by atoms with Gasteiger partial charge in [0.25, 0.3) is 0 Å². The Balaban J connectivity index is 1.99. The van der Waals surface area contributed by atoms with Gasteiger partial charge in [-0.1, -0.05) is 23.7 Å². The molecule has 0 saturated heterocycles. The Hall–Kier alpha value is -1.92. The van der Waals surface area contributed by atoms with Gasteiger partial charge in [0.1, 0.15) is 0 Å². The summed E-state index contributed by atoms with van der Waals surface area (Å²) in [5, 5.41) is 7.59. The van der Waals surface area contributed by atoms with Crippen molar-refractivity contribution in [3.05, 3.63) is 35.2 Å². The van der Waals surface area contributed by atoms with Crippen LogP contribution in [0.15, 0.2) is 28.8 Å². The Labute approximate surface area is 147 Å². The molecule has 2 rings (SSSR count). The Bertz CT molecular complexity index is 677. The summed E-state index contributed by atoms with van der Waals surface area (Å²) in [4.78, 5) is 18.4. The summed E-state index contributed by atoms with van der Waals surface area (Å²) >= 11 is 5.88. The van der Waals surface area contributed by atoms with Crippen LogP contribution in [0.1, 0.15) is 33.6 Å². The zero-order valence-electron chi connectivity index (χ0n) is 14.5. The second kappa shape index (κ2) is 7.77. The first-order chi connectivity index (χ1) is 11.3. The molecule has 1 aromatic heterocycles. The molecule has 24 heavy (non-hydrogen) atoms. The Kier molecular flexibility index (Phi) is 5.96. The summed E-state index contributed by atoms with van der Waals surface area (Å²) in [6.07, 6.45) is 0. The number of hydrogen-bond donors (Lipinski definition) is 1. The molecular formula is C17H23ClN4O2. The lowest BCUT2D eigenvalue weighted by Crippen LogP contribution is -2.45. The van der Waals surface area contributed by atoms with Crippen molar-refractivity contribution >= 4 is 17.5 Å². The molecule has 0 saturated carbocycles. The minimum atomic E-state index is -0.247. The topological polar surface area (TPSA) is 71.3 Å². The van der Waals surface area contributed by atoms with Gasteiger partial charge in [0, 0.05) is 16.1 Å². The monoisotopic (exact) mass is 350 g/mol. The van der Waals surface area contributed by atoms with Crippen LogP contribution in [0.3, 0.4) is 0 Å². The molecule has 130 valence electrons. The molecule has 6 nitrogen and oxygen atoms in total. The van der Waals surface area contributed by atoms with E-state index in [1.807, 2.05) is 44.7 Å². The fourth-order valence-electron chi connectivity index (χ4n) is 2.17. The molecule has 0 aliphatic carbocycles. The lowest BCUT2D eigenvalue weighted by Gasteiger charge is -2.23. The van der Waals surface area contributed by atoms with Gasteiger partial charge in [0.05, 0.1) is 13.1 Å². The molecule has 1 N–H and O–H groups in total. The van der Waals surface area contributed by atoms with E-state index in [-0.39, 0.29) is 18.0 Å². The van der Waals surface area contributed by atoms with Crippen molar-refractivity contribution in [2.45, 2.75) is 39.8 Å². The molecule has 0 spiro atoms. The number of nitrogens with zero attached hydrogens (tertiary/aromatic N) is 3. The number of benzene rings is 1. The van der Waals surface area contributed by atoms with Crippen LogP contribution in [-0.2, 0) is 11.3 Å². The molecule has 1 heterocycles. The van der Waals surface area contributed by atoms with E-state index >= 15 is 0 Å². The number of halogens is 1. The van der Waals surface area contributed by atoms with Crippen LogP contribution >= 0.6 is 11.6 Å². The standard InChI is InChI=1S/C17H23ClN4O2/c1-5-22(10-14(23)20-17(2,3)4)11-15-19-16(21-24-15)12-6-8-13(18)9-7-12/h6-9H,5,10-11H2,1-4H3,(H,20,23). The summed E-state index contributed by atoms with van der Waals surface area (Å²) in [5.74, 6) is 0.962. The van der Waals surface area contributed by atoms with Crippen molar-refractivity contribution in [3.63, 3.8) is 0 Å². The second-order valence-electron chi connectivity index (χ2n) is 6.62. The van der Waals surface area contributed by atoms with Gasteiger partial charge >= 0.3 is 0 Å². The first kappa shape index (κ1) is 18.4. The minimum absolute atomic E-state index is 0.0261. The maximum atomic E-state index is 12.0. The van der Waals surface area contributed by atoms with Crippen LogP contribution in [0.5, 0.6) is 0 Å². The largest absolute Gasteiger partial charge is 0.350 e. The van der Waals surface area contributed by atoms with Gasteiger partial charge in [-0.25, -0.2) is 0 Å². The number of carbonyl (C=O) groups excluding carboxylic acids is 1. The van der Waals surface area contributed by atoms with Crippen molar-refractivity contribution in [3.8, 4) is 11.4 Å². The van der Waals surface area contributed by atoms with Crippen LogP contribution < -0.4 is 5.32 Å². The lowest BCUT2D eigenvalue weighted by atomic mass is 10.1. The number of amides is 1. The van der Waals surface area contributed by atoms with E-state index in [0.717, 1.165) is 5.56 Å². The number of rotatable bonds is 6. The predicted molar refractivity (Wildman–Crippen MR) is 93.6 cm³/mol. The van der Waals surface area contributed by atoms with E-state index < -0.39 is 0 Å². The van der Waals surface area contributed by atoms with Gasteiger partial charge in [-0.05, 0) is 51.6 Å². The van der Waals surface area contributed by atoms with E-state index in [2.05, 4.69) is 15.5 Å². The molecule has 0 aliphatic heterocycles. The lowest BCUT2D eigenvalue weighted by molar-refractivity contribution is -0.123. The van der Waals surface area contributed by atoms with E-state index in [1.54, 1.807) is 12.1 Å². The average Bonchev–Trinajstić information content (AvgIpc) is 2.94. The highest BCUT2D eigenvalue weighted by Gasteiger charge is 2.18. The van der Waals surface area contributed by atoms with Crippen molar-refractivity contribution in [1.82, 2.24) is 20.4 Å². The van der Waals surface area contributed by atoms with E-state index in [4.69, 9.17) is 16.1 Å². The zero-order chi connectivity index (χ0) is 17.7. The SMILES string of the molecule is CCN(CC(=O)NC(C)(C)C)Cc1nc(-c2ccc(Cl)cc2)no1. The molecule has 0 atom stereocenters. The van der Waals surface area contributed by atoms with E-state index in [0.29, 0.717) is 29.8 Å². The normalized spacial score (nSPS) is 11.8. The van der Waals surface area contributed by atoms with Crippen LogP contribution in [0.4, 0.5) is 0 Å². The van der Waals surface area contributed by atoms with Crippen LogP contribution in [0, 0.1) is 0 Å². The van der Waals surface area contributed by atoms with Gasteiger partial charge in [-0.15, -0.1) is 0 Å². The minimum Gasteiger partial charge on any atom is -0.350 e. The van der Waals surface area contributed by atoms with Gasteiger partial charge < -0.3 is 9.84 Å². The maximum absolute atomic E-state index is 12.0. The molecule has 2 aromatic rings. The molecule has 1 aromatic carbocycles. The fourth-order valence-corrected chi connectivity index (χ4v) is 2.29. The fraction of sp³-hybridized carbons (Fsp3) is 0.471. The number of nitrogens with one attached hydrogen (secondary N) is 1. The van der Waals surface area contributed by atoms with Crippen molar-refractivity contribution in [2.24, 2.45) is 0 Å². The van der Waals surface area contributed by atoms with Crippen LogP contribution in [0.25, 0.3) is 11.4 Å². The first-order valence-corrected chi connectivity index (χ1v) is 8.26. The number of likely N-dealkylation sites (N-methyl/N-ethyl adjacent to an activating group) is 1. The van der Waals surface area contributed by atoms with E-state index in [1.165, 1.54) is 0 Å². The molecule has 0 bridgehead atoms. The van der Waals surface area contributed by atoms with Crippen molar-refractivity contribution in [1.29, 1.82) is 0 Å². The number of carbonyl (C=O) groups is 1. The molecule has 7 heteroatoms. The Morgan fingerprint density at radius 2 is 1.96 bits per heavy atom. The average molecular weight is 351 g/mol. The van der Waals surface area contributed by atoms with Gasteiger partial charge in [-0.2, -0.15) is 4.98 Å². The van der Waals surface area contributed by atoms with Gasteiger partial charge in [0.2, 0.25) is 17.6 Å².